The van der Waals surface area contributed by atoms with Gasteiger partial charge in [-0.2, -0.15) is 0 Å². The molecule has 0 fully saturated rings. The van der Waals surface area contributed by atoms with E-state index in [0.717, 1.165) is 34.9 Å². The Labute approximate surface area is 214 Å². The Morgan fingerprint density at radius 1 is 0.771 bits per heavy atom. The molecule has 2 aromatic carbocycles. The number of unbranched alkanes of at least 4 members (excludes halogenated alkanes) is 12. The van der Waals surface area contributed by atoms with Crippen molar-refractivity contribution in [2.75, 3.05) is 13.7 Å². The van der Waals surface area contributed by atoms with Crippen molar-refractivity contribution < 1.29 is 14.3 Å². The summed E-state index contributed by atoms with van der Waals surface area (Å²) in [5, 5.41) is 2.22. The molecule has 2 rings (SSSR count). The monoisotopic (exact) mass is 480 g/mol. The Bertz CT molecular complexity index is 870. The fourth-order valence-electron chi connectivity index (χ4n) is 4.42. The number of hydrogen-bond acceptors (Lipinski definition) is 3. The Morgan fingerprint density at radius 2 is 1.34 bits per heavy atom. The van der Waals surface area contributed by atoms with Gasteiger partial charge in [-0.05, 0) is 67.5 Å². The first-order chi connectivity index (χ1) is 17.2. The molecule has 0 saturated heterocycles. The van der Waals surface area contributed by atoms with E-state index in [-0.39, 0.29) is 11.9 Å². The average Bonchev–Trinajstić information content (AvgIpc) is 2.89. The van der Waals surface area contributed by atoms with Gasteiger partial charge in [0, 0.05) is 0 Å². The van der Waals surface area contributed by atoms with E-state index in [9.17, 15) is 4.79 Å². The quantitative estimate of drug-likeness (QED) is 0.114. The Kier molecular flexibility index (Phi) is 14.9. The SMILES string of the molecule is CCCCCCCC/C=C\CCCCCCCCOC(=O)C(C)c1ccc2cc(OC)ccc2c1. The number of fused-ring (bicyclic) bond motifs is 1. The number of benzene rings is 2. The molecule has 0 amide bonds. The van der Waals surface area contributed by atoms with Gasteiger partial charge in [-0.3, -0.25) is 4.79 Å². The van der Waals surface area contributed by atoms with Crippen LogP contribution in [0, 0.1) is 0 Å². The summed E-state index contributed by atoms with van der Waals surface area (Å²) >= 11 is 0. The van der Waals surface area contributed by atoms with Gasteiger partial charge in [0.05, 0.1) is 19.6 Å². The van der Waals surface area contributed by atoms with Crippen LogP contribution in [0.2, 0.25) is 0 Å². The van der Waals surface area contributed by atoms with Gasteiger partial charge in [-0.1, -0.05) is 101 Å². The summed E-state index contributed by atoms with van der Waals surface area (Å²) in [5.41, 5.74) is 0.994. The predicted octanol–water partition coefficient (Wildman–Crippen LogP) is 9.53. The molecule has 3 heteroatoms. The van der Waals surface area contributed by atoms with Crippen molar-refractivity contribution in [1.29, 1.82) is 0 Å². The number of allylic oxidation sites excluding steroid dienone is 2. The van der Waals surface area contributed by atoms with Crippen LogP contribution in [0.4, 0.5) is 0 Å². The molecule has 0 aliphatic heterocycles. The molecule has 0 saturated carbocycles. The van der Waals surface area contributed by atoms with Crippen LogP contribution in [0.25, 0.3) is 10.8 Å². The van der Waals surface area contributed by atoms with Crippen LogP contribution in [0.1, 0.15) is 115 Å². The molecule has 0 N–H and O–H groups in total. The van der Waals surface area contributed by atoms with Gasteiger partial charge in [0.1, 0.15) is 5.75 Å². The first-order valence-corrected chi connectivity index (χ1v) is 14.0. The number of ether oxygens (including phenoxy) is 2. The van der Waals surface area contributed by atoms with E-state index >= 15 is 0 Å². The minimum atomic E-state index is -0.254. The molecular formula is C32H48O3. The van der Waals surface area contributed by atoms with Gasteiger partial charge in [-0.15, -0.1) is 0 Å². The fraction of sp³-hybridized carbons (Fsp3) is 0.594. The fourth-order valence-corrected chi connectivity index (χ4v) is 4.42. The predicted molar refractivity (Wildman–Crippen MR) is 149 cm³/mol. The lowest BCUT2D eigenvalue weighted by Crippen LogP contribution is -2.14. The van der Waals surface area contributed by atoms with E-state index in [4.69, 9.17) is 9.47 Å². The molecular weight excluding hydrogens is 432 g/mol. The number of esters is 1. The van der Waals surface area contributed by atoms with Gasteiger partial charge in [0.15, 0.2) is 0 Å². The van der Waals surface area contributed by atoms with Gasteiger partial charge < -0.3 is 9.47 Å². The molecule has 1 unspecified atom stereocenters. The van der Waals surface area contributed by atoms with Crippen molar-refractivity contribution in [1.82, 2.24) is 0 Å². The van der Waals surface area contributed by atoms with Crippen molar-refractivity contribution in [3.8, 4) is 5.75 Å². The summed E-state index contributed by atoms with van der Waals surface area (Å²) in [4.78, 5) is 12.5. The summed E-state index contributed by atoms with van der Waals surface area (Å²) in [6.45, 7) is 4.72. The smallest absolute Gasteiger partial charge is 0.313 e. The molecule has 0 radical (unpaired) electrons. The third-order valence-electron chi connectivity index (χ3n) is 6.83. The van der Waals surface area contributed by atoms with Gasteiger partial charge in [0.25, 0.3) is 0 Å². The molecule has 0 bridgehead atoms. The van der Waals surface area contributed by atoms with Crippen LogP contribution in [0.3, 0.4) is 0 Å². The molecule has 3 nitrogen and oxygen atoms in total. The lowest BCUT2D eigenvalue weighted by molar-refractivity contribution is -0.145. The molecule has 2 aromatic rings. The largest absolute Gasteiger partial charge is 0.497 e. The van der Waals surface area contributed by atoms with Crippen molar-refractivity contribution in [2.45, 2.75) is 110 Å². The summed E-state index contributed by atoms with van der Waals surface area (Å²) in [5.74, 6) is 0.453. The van der Waals surface area contributed by atoms with Crippen LogP contribution in [-0.2, 0) is 9.53 Å². The van der Waals surface area contributed by atoms with Crippen LogP contribution < -0.4 is 4.74 Å². The zero-order chi connectivity index (χ0) is 25.1. The maximum absolute atomic E-state index is 12.5. The van der Waals surface area contributed by atoms with Gasteiger partial charge in [0.2, 0.25) is 0 Å². The zero-order valence-electron chi connectivity index (χ0n) is 22.5. The van der Waals surface area contributed by atoms with Crippen LogP contribution >= 0.6 is 0 Å². The number of methoxy groups -OCH3 is 1. The van der Waals surface area contributed by atoms with E-state index in [1.54, 1.807) is 7.11 Å². The second-order valence-corrected chi connectivity index (χ2v) is 9.80. The lowest BCUT2D eigenvalue weighted by Gasteiger charge is -2.13. The van der Waals surface area contributed by atoms with Crippen molar-refractivity contribution in [3.05, 3.63) is 54.1 Å². The topological polar surface area (TPSA) is 35.5 Å². The highest BCUT2D eigenvalue weighted by molar-refractivity contribution is 5.86. The molecule has 0 aliphatic carbocycles. The first kappa shape index (κ1) is 28.9. The minimum Gasteiger partial charge on any atom is -0.497 e. The summed E-state index contributed by atoms with van der Waals surface area (Å²) in [7, 11) is 1.67. The number of carbonyl (C=O) groups excluding carboxylic acids is 1. The standard InChI is InChI=1S/C32H48O3/c1-4-5-6-7-8-9-10-11-12-13-14-15-16-17-18-19-24-35-32(33)27(2)28-20-21-30-26-31(34-3)23-22-29(30)25-28/h11-12,20-23,25-27H,4-10,13-19,24H2,1-3H3/b12-11-. The van der Waals surface area contributed by atoms with E-state index in [1.165, 1.54) is 77.0 Å². The van der Waals surface area contributed by atoms with Crippen LogP contribution in [-0.4, -0.2) is 19.7 Å². The summed E-state index contributed by atoms with van der Waals surface area (Å²) < 4.78 is 10.8. The molecule has 194 valence electrons. The third kappa shape index (κ3) is 11.8. The van der Waals surface area contributed by atoms with E-state index < -0.39 is 0 Å². The van der Waals surface area contributed by atoms with Gasteiger partial charge in [-0.25, -0.2) is 0 Å². The number of carbonyl (C=O) groups is 1. The Balaban J connectivity index is 1.48. The zero-order valence-corrected chi connectivity index (χ0v) is 22.5. The minimum absolute atomic E-state index is 0.134. The number of rotatable bonds is 19. The average molecular weight is 481 g/mol. The van der Waals surface area contributed by atoms with Crippen molar-refractivity contribution >= 4 is 16.7 Å². The van der Waals surface area contributed by atoms with Crippen LogP contribution in [0.15, 0.2) is 48.6 Å². The highest BCUT2D eigenvalue weighted by Gasteiger charge is 2.17. The third-order valence-corrected chi connectivity index (χ3v) is 6.83. The second-order valence-electron chi connectivity index (χ2n) is 9.80. The summed E-state index contributed by atoms with van der Waals surface area (Å²) in [6.07, 6.45) is 22.7. The first-order valence-electron chi connectivity index (χ1n) is 14.0. The van der Waals surface area contributed by atoms with E-state index in [0.29, 0.717) is 6.61 Å². The highest BCUT2D eigenvalue weighted by atomic mass is 16.5. The van der Waals surface area contributed by atoms with Crippen LogP contribution in [0.5, 0.6) is 5.75 Å². The molecule has 1 atom stereocenters. The Morgan fingerprint density at radius 3 is 2.00 bits per heavy atom. The maximum Gasteiger partial charge on any atom is 0.313 e. The van der Waals surface area contributed by atoms with E-state index in [1.807, 2.05) is 37.3 Å². The molecule has 0 aliphatic rings. The maximum atomic E-state index is 12.5. The molecule has 0 heterocycles. The van der Waals surface area contributed by atoms with Gasteiger partial charge >= 0.3 is 5.97 Å². The normalized spacial score (nSPS) is 12.3. The lowest BCUT2D eigenvalue weighted by atomic mass is 9.98. The number of hydrogen-bond donors (Lipinski definition) is 0. The highest BCUT2D eigenvalue weighted by Crippen LogP contribution is 2.26. The summed E-state index contributed by atoms with van der Waals surface area (Å²) in [6, 6.07) is 12.1. The van der Waals surface area contributed by atoms with Crippen molar-refractivity contribution in [3.63, 3.8) is 0 Å². The molecule has 35 heavy (non-hydrogen) atoms. The van der Waals surface area contributed by atoms with E-state index in [2.05, 4.69) is 25.1 Å². The molecule has 0 aromatic heterocycles. The van der Waals surface area contributed by atoms with Crippen molar-refractivity contribution in [2.24, 2.45) is 0 Å². The molecule has 0 spiro atoms. The second kappa shape index (κ2) is 18.0. The Hall–Kier alpha value is -2.29.